The van der Waals surface area contributed by atoms with Crippen LogP contribution in [-0.2, 0) is 9.47 Å². The highest BCUT2D eigenvalue weighted by Crippen LogP contribution is 1.75. The molecule has 11 heavy (non-hydrogen) atoms. The molecule has 0 rings (SSSR count). The molecule has 0 aromatic carbocycles. The van der Waals surface area contributed by atoms with Crippen LogP contribution in [0.4, 0.5) is 0 Å². The molecular weight excluding hydrogens is 142 g/mol. The van der Waals surface area contributed by atoms with Gasteiger partial charge in [0.2, 0.25) is 0 Å². The molecule has 0 fully saturated rings. The third-order valence-electron chi connectivity index (χ3n) is 0.838. The van der Waals surface area contributed by atoms with Crippen molar-refractivity contribution in [1.29, 1.82) is 0 Å². The standard InChI is InChI=1S/C6H15NO2.C2H6/c1-2-8-5-6-9-4-3-7;1-2/h2-7H2,1H3;1-2H3. The first kappa shape index (κ1) is 13.5. The lowest BCUT2D eigenvalue weighted by Gasteiger charge is -2.00. The van der Waals surface area contributed by atoms with E-state index in [4.69, 9.17) is 15.2 Å². The topological polar surface area (TPSA) is 44.5 Å². The van der Waals surface area contributed by atoms with Crippen LogP contribution in [0.25, 0.3) is 0 Å². The Morgan fingerprint density at radius 3 is 2.00 bits per heavy atom. The summed E-state index contributed by atoms with van der Waals surface area (Å²) in [6, 6.07) is 0. The van der Waals surface area contributed by atoms with Crippen LogP contribution < -0.4 is 5.73 Å². The molecule has 0 saturated carbocycles. The normalized spacial score (nSPS) is 8.73. The number of hydrogen-bond acceptors (Lipinski definition) is 3. The molecule has 0 spiro atoms. The van der Waals surface area contributed by atoms with Crippen LogP contribution in [0.1, 0.15) is 20.8 Å². The van der Waals surface area contributed by atoms with Gasteiger partial charge in [0.1, 0.15) is 0 Å². The summed E-state index contributed by atoms with van der Waals surface area (Å²) in [7, 11) is 0. The Morgan fingerprint density at radius 1 is 1.00 bits per heavy atom. The molecule has 0 aliphatic carbocycles. The number of rotatable bonds is 6. The first-order valence-electron chi connectivity index (χ1n) is 4.27. The Morgan fingerprint density at radius 2 is 1.55 bits per heavy atom. The Labute approximate surface area is 69.9 Å². The van der Waals surface area contributed by atoms with E-state index < -0.39 is 0 Å². The van der Waals surface area contributed by atoms with Crippen molar-refractivity contribution in [3.05, 3.63) is 0 Å². The van der Waals surface area contributed by atoms with Crippen LogP contribution in [0.15, 0.2) is 0 Å². The van der Waals surface area contributed by atoms with E-state index in [2.05, 4.69) is 0 Å². The summed E-state index contributed by atoms with van der Waals surface area (Å²) in [5.41, 5.74) is 5.18. The van der Waals surface area contributed by atoms with Gasteiger partial charge in [-0.3, -0.25) is 0 Å². The smallest absolute Gasteiger partial charge is 0.0701 e. The maximum absolute atomic E-state index is 5.18. The van der Waals surface area contributed by atoms with Crippen LogP contribution in [0.5, 0.6) is 0 Å². The van der Waals surface area contributed by atoms with Gasteiger partial charge in [-0.25, -0.2) is 0 Å². The zero-order valence-corrected chi connectivity index (χ0v) is 7.93. The summed E-state index contributed by atoms with van der Waals surface area (Å²) >= 11 is 0. The SMILES string of the molecule is CC.CCOCCOCCN. The first-order valence-corrected chi connectivity index (χ1v) is 4.27. The van der Waals surface area contributed by atoms with Gasteiger partial charge in [0.25, 0.3) is 0 Å². The molecule has 0 bridgehead atoms. The highest BCUT2D eigenvalue weighted by molar-refractivity contribution is 4.31. The van der Waals surface area contributed by atoms with E-state index in [9.17, 15) is 0 Å². The van der Waals surface area contributed by atoms with Crippen molar-refractivity contribution >= 4 is 0 Å². The molecule has 0 aliphatic heterocycles. The molecule has 3 nitrogen and oxygen atoms in total. The Hall–Kier alpha value is -0.120. The molecule has 0 aliphatic rings. The third-order valence-corrected chi connectivity index (χ3v) is 0.838. The molecular formula is C8H21NO2. The maximum Gasteiger partial charge on any atom is 0.0701 e. The molecule has 70 valence electrons. The summed E-state index contributed by atoms with van der Waals surface area (Å²) in [5, 5.41) is 0. The fraction of sp³-hybridized carbons (Fsp3) is 1.00. The van der Waals surface area contributed by atoms with Crippen molar-refractivity contribution in [1.82, 2.24) is 0 Å². The van der Waals surface area contributed by atoms with Crippen LogP contribution in [0.3, 0.4) is 0 Å². The highest BCUT2D eigenvalue weighted by Gasteiger charge is 1.83. The van der Waals surface area contributed by atoms with E-state index in [1.165, 1.54) is 0 Å². The molecule has 0 unspecified atom stereocenters. The summed E-state index contributed by atoms with van der Waals surface area (Å²) < 4.78 is 10.0. The maximum atomic E-state index is 5.18. The molecule has 2 N–H and O–H groups in total. The van der Waals surface area contributed by atoms with Crippen LogP contribution in [-0.4, -0.2) is 33.0 Å². The second kappa shape index (κ2) is 16.5. The van der Waals surface area contributed by atoms with Crippen molar-refractivity contribution in [2.75, 3.05) is 33.0 Å². The summed E-state index contributed by atoms with van der Waals surface area (Å²) in [6.45, 7) is 9.27. The van der Waals surface area contributed by atoms with Gasteiger partial charge in [-0.05, 0) is 6.92 Å². The van der Waals surface area contributed by atoms with Gasteiger partial charge in [-0.1, -0.05) is 13.8 Å². The fourth-order valence-electron chi connectivity index (χ4n) is 0.448. The second-order valence-electron chi connectivity index (χ2n) is 1.60. The lowest BCUT2D eigenvalue weighted by atomic mass is 10.7. The Kier molecular flexibility index (Phi) is 20.2. The van der Waals surface area contributed by atoms with Crippen LogP contribution >= 0.6 is 0 Å². The van der Waals surface area contributed by atoms with Gasteiger partial charge >= 0.3 is 0 Å². The average Bonchev–Trinajstić information content (AvgIpc) is 2.08. The van der Waals surface area contributed by atoms with Gasteiger partial charge in [-0.2, -0.15) is 0 Å². The van der Waals surface area contributed by atoms with Crippen molar-refractivity contribution in [3.63, 3.8) is 0 Å². The van der Waals surface area contributed by atoms with Crippen molar-refractivity contribution in [2.45, 2.75) is 20.8 Å². The number of ether oxygens (including phenoxy) is 2. The van der Waals surface area contributed by atoms with Gasteiger partial charge in [0, 0.05) is 13.2 Å². The average molecular weight is 163 g/mol. The molecule has 3 heteroatoms. The van der Waals surface area contributed by atoms with Gasteiger partial charge in [-0.15, -0.1) is 0 Å². The molecule has 0 aromatic rings. The van der Waals surface area contributed by atoms with Crippen LogP contribution in [0.2, 0.25) is 0 Å². The van der Waals surface area contributed by atoms with E-state index in [1.807, 2.05) is 20.8 Å². The van der Waals surface area contributed by atoms with Crippen molar-refractivity contribution in [2.24, 2.45) is 5.73 Å². The van der Waals surface area contributed by atoms with Gasteiger partial charge < -0.3 is 15.2 Å². The lowest BCUT2D eigenvalue weighted by Crippen LogP contribution is -2.11. The molecule has 0 amide bonds. The number of hydrogen-bond donors (Lipinski definition) is 1. The predicted octanol–water partition coefficient (Wildman–Crippen LogP) is 1.02. The summed E-state index contributed by atoms with van der Waals surface area (Å²) in [4.78, 5) is 0. The quantitative estimate of drug-likeness (QED) is 0.595. The minimum absolute atomic E-state index is 0.589. The minimum Gasteiger partial charge on any atom is -0.379 e. The summed E-state index contributed by atoms with van der Waals surface area (Å²) in [5.74, 6) is 0. The summed E-state index contributed by atoms with van der Waals surface area (Å²) in [6.07, 6.45) is 0. The zero-order chi connectivity index (χ0) is 8.95. The minimum atomic E-state index is 0.589. The van der Waals surface area contributed by atoms with E-state index >= 15 is 0 Å². The molecule has 0 aromatic heterocycles. The molecule has 0 atom stereocenters. The van der Waals surface area contributed by atoms with E-state index in [0.717, 1.165) is 6.61 Å². The third kappa shape index (κ3) is 17.7. The zero-order valence-electron chi connectivity index (χ0n) is 7.93. The largest absolute Gasteiger partial charge is 0.379 e. The first-order chi connectivity index (χ1) is 5.41. The monoisotopic (exact) mass is 163 g/mol. The molecule has 0 heterocycles. The van der Waals surface area contributed by atoms with Gasteiger partial charge in [0.15, 0.2) is 0 Å². The predicted molar refractivity (Wildman–Crippen MR) is 47.7 cm³/mol. The van der Waals surface area contributed by atoms with Crippen molar-refractivity contribution < 1.29 is 9.47 Å². The van der Waals surface area contributed by atoms with Crippen LogP contribution in [0, 0.1) is 0 Å². The molecule has 0 saturated heterocycles. The van der Waals surface area contributed by atoms with E-state index in [0.29, 0.717) is 26.4 Å². The highest BCUT2D eigenvalue weighted by atomic mass is 16.5. The second-order valence-corrected chi connectivity index (χ2v) is 1.60. The van der Waals surface area contributed by atoms with E-state index in [-0.39, 0.29) is 0 Å². The fourth-order valence-corrected chi connectivity index (χ4v) is 0.448. The number of nitrogens with two attached hydrogens (primary N) is 1. The van der Waals surface area contributed by atoms with E-state index in [1.54, 1.807) is 0 Å². The Balaban J connectivity index is 0. The lowest BCUT2D eigenvalue weighted by molar-refractivity contribution is 0.0561. The van der Waals surface area contributed by atoms with Crippen molar-refractivity contribution in [3.8, 4) is 0 Å². The van der Waals surface area contributed by atoms with Gasteiger partial charge in [0.05, 0.1) is 19.8 Å². The molecule has 0 radical (unpaired) electrons. The Bertz CT molecular complexity index is 45.4.